The van der Waals surface area contributed by atoms with Gasteiger partial charge in [0, 0.05) is 15.7 Å². The molecular formula is C15H11BrN2O2. The van der Waals surface area contributed by atoms with Crippen molar-refractivity contribution in [1.29, 1.82) is 0 Å². The van der Waals surface area contributed by atoms with E-state index in [4.69, 9.17) is 0 Å². The lowest BCUT2D eigenvalue weighted by Crippen LogP contribution is -2.35. The second-order valence-electron chi connectivity index (χ2n) is 4.49. The van der Waals surface area contributed by atoms with Crippen LogP contribution in [0.25, 0.3) is 0 Å². The number of benzene rings is 2. The van der Waals surface area contributed by atoms with Crippen molar-refractivity contribution in [3.8, 4) is 0 Å². The molecule has 1 aliphatic heterocycles. The van der Waals surface area contributed by atoms with E-state index in [1.807, 2.05) is 30.3 Å². The molecule has 1 heterocycles. The Morgan fingerprint density at radius 1 is 1.15 bits per heavy atom. The fraction of sp³-hybridized carbons (Fsp3) is 0.0667. The molecular weight excluding hydrogens is 320 g/mol. The number of fused-ring (bicyclic) bond motifs is 1. The number of carbonyl (C=O) groups is 2. The molecule has 4 nitrogen and oxygen atoms in total. The Morgan fingerprint density at radius 3 is 2.65 bits per heavy atom. The van der Waals surface area contributed by atoms with Crippen molar-refractivity contribution < 1.29 is 9.59 Å². The van der Waals surface area contributed by atoms with Crippen LogP contribution >= 0.6 is 15.9 Å². The maximum absolute atomic E-state index is 12.2. The third kappa shape index (κ3) is 2.32. The van der Waals surface area contributed by atoms with Gasteiger partial charge >= 0.3 is 6.03 Å². The van der Waals surface area contributed by atoms with Gasteiger partial charge in [-0.15, -0.1) is 0 Å². The molecule has 0 saturated carbocycles. The number of carbonyl (C=O) groups excluding carboxylic acids is 2. The number of amides is 3. The normalized spacial score (nSPS) is 13.2. The Bertz CT molecular complexity index is 686. The summed E-state index contributed by atoms with van der Waals surface area (Å²) < 4.78 is 0.829. The number of rotatable bonds is 1. The lowest BCUT2D eigenvalue weighted by Gasteiger charge is -2.14. The fourth-order valence-corrected chi connectivity index (χ4v) is 2.51. The van der Waals surface area contributed by atoms with Crippen molar-refractivity contribution in [3.05, 3.63) is 64.1 Å². The summed E-state index contributed by atoms with van der Waals surface area (Å²) in [4.78, 5) is 25.6. The SMILES string of the molecule is O=C(Nc1ccccc1)N1Cc2ccc(Br)cc2C1=O. The van der Waals surface area contributed by atoms with Crippen LogP contribution in [0.15, 0.2) is 53.0 Å². The monoisotopic (exact) mass is 330 g/mol. The van der Waals surface area contributed by atoms with E-state index < -0.39 is 6.03 Å². The number of anilines is 1. The standard InChI is InChI=1S/C15H11BrN2O2/c16-11-7-6-10-9-18(14(19)13(10)8-11)15(20)17-12-4-2-1-3-5-12/h1-8H,9H2,(H,17,20). The Labute approximate surface area is 124 Å². The van der Waals surface area contributed by atoms with Crippen LogP contribution in [-0.4, -0.2) is 16.8 Å². The molecule has 0 fully saturated rings. The van der Waals surface area contributed by atoms with Gasteiger partial charge in [-0.05, 0) is 29.8 Å². The molecule has 0 saturated heterocycles. The van der Waals surface area contributed by atoms with Crippen LogP contribution in [0, 0.1) is 0 Å². The van der Waals surface area contributed by atoms with Crippen LogP contribution in [0.2, 0.25) is 0 Å². The highest BCUT2D eigenvalue weighted by molar-refractivity contribution is 9.10. The van der Waals surface area contributed by atoms with Crippen molar-refractivity contribution in [1.82, 2.24) is 4.90 Å². The van der Waals surface area contributed by atoms with Gasteiger partial charge in [0.15, 0.2) is 0 Å². The molecule has 0 radical (unpaired) electrons. The molecule has 1 aliphatic rings. The van der Waals surface area contributed by atoms with Gasteiger partial charge in [-0.2, -0.15) is 0 Å². The maximum atomic E-state index is 12.2. The highest BCUT2D eigenvalue weighted by Gasteiger charge is 2.32. The molecule has 2 aromatic carbocycles. The molecule has 2 aromatic rings. The predicted molar refractivity (Wildman–Crippen MR) is 79.5 cm³/mol. The zero-order chi connectivity index (χ0) is 14.1. The van der Waals surface area contributed by atoms with Gasteiger partial charge in [0.05, 0.1) is 6.54 Å². The van der Waals surface area contributed by atoms with Crippen molar-refractivity contribution in [2.75, 3.05) is 5.32 Å². The zero-order valence-corrected chi connectivity index (χ0v) is 12.1. The number of halogens is 1. The summed E-state index contributed by atoms with van der Waals surface area (Å²) in [5.41, 5.74) is 2.10. The largest absolute Gasteiger partial charge is 0.329 e. The van der Waals surface area contributed by atoms with Gasteiger partial charge < -0.3 is 5.32 Å². The first kappa shape index (κ1) is 12.9. The van der Waals surface area contributed by atoms with Crippen molar-refractivity contribution in [2.45, 2.75) is 6.54 Å². The Kier molecular flexibility index (Phi) is 3.28. The highest BCUT2D eigenvalue weighted by Crippen LogP contribution is 2.26. The van der Waals surface area contributed by atoms with E-state index in [1.54, 1.807) is 18.2 Å². The summed E-state index contributed by atoms with van der Waals surface area (Å²) in [5.74, 6) is -0.269. The Morgan fingerprint density at radius 2 is 1.90 bits per heavy atom. The van der Waals surface area contributed by atoms with Crippen molar-refractivity contribution in [2.24, 2.45) is 0 Å². The first-order valence-corrected chi connectivity index (χ1v) is 6.91. The number of hydrogen-bond acceptors (Lipinski definition) is 2. The second kappa shape index (κ2) is 5.09. The minimum atomic E-state index is -0.409. The van der Waals surface area contributed by atoms with Crippen LogP contribution in [0.3, 0.4) is 0 Å². The number of para-hydroxylation sites is 1. The van der Waals surface area contributed by atoms with E-state index in [-0.39, 0.29) is 5.91 Å². The van der Waals surface area contributed by atoms with Crippen LogP contribution in [0.5, 0.6) is 0 Å². The highest BCUT2D eigenvalue weighted by atomic mass is 79.9. The molecule has 0 spiro atoms. The van der Waals surface area contributed by atoms with Gasteiger partial charge in [0.25, 0.3) is 5.91 Å². The van der Waals surface area contributed by atoms with E-state index in [0.29, 0.717) is 17.8 Å². The Balaban J connectivity index is 1.80. The molecule has 100 valence electrons. The van der Waals surface area contributed by atoms with E-state index >= 15 is 0 Å². The zero-order valence-electron chi connectivity index (χ0n) is 10.5. The summed E-state index contributed by atoms with van der Waals surface area (Å²) in [7, 11) is 0. The lowest BCUT2D eigenvalue weighted by molar-refractivity contribution is 0.0831. The van der Waals surface area contributed by atoms with Crippen molar-refractivity contribution >= 4 is 33.6 Å². The molecule has 20 heavy (non-hydrogen) atoms. The molecule has 1 N–H and O–H groups in total. The van der Waals surface area contributed by atoms with Gasteiger partial charge in [-0.3, -0.25) is 9.69 Å². The van der Waals surface area contributed by atoms with E-state index in [2.05, 4.69) is 21.2 Å². The van der Waals surface area contributed by atoms with Crippen LogP contribution < -0.4 is 5.32 Å². The third-order valence-corrected chi connectivity index (χ3v) is 3.64. The summed E-state index contributed by atoms with van der Waals surface area (Å²) in [6, 6.07) is 14.1. The smallest absolute Gasteiger partial charge is 0.307 e. The summed E-state index contributed by atoms with van der Waals surface area (Å²) in [6.07, 6.45) is 0. The molecule has 5 heteroatoms. The maximum Gasteiger partial charge on any atom is 0.329 e. The molecule has 0 aromatic heterocycles. The summed E-state index contributed by atoms with van der Waals surface area (Å²) >= 11 is 3.33. The third-order valence-electron chi connectivity index (χ3n) is 3.15. The average molecular weight is 331 g/mol. The average Bonchev–Trinajstić information content (AvgIpc) is 2.77. The second-order valence-corrected chi connectivity index (χ2v) is 5.40. The number of nitrogens with zero attached hydrogens (tertiary/aromatic N) is 1. The number of imide groups is 1. The van der Waals surface area contributed by atoms with E-state index in [9.17, 15) is 9.59 Å². The van der Waals surface area contributed by atoms with E-state index in [1.165, 1.54) is 4.90 Å². The van der Waals surface area contributed by atoms with Crippen molar-refractivity contribution in [3.63, 3.8) is 0 Å². The number of hydrogen-bond donors (Lipinski definition) is 1. The summed E-state index contributed by atoms with van der Waals surface area (Å²) in [5, 5.41) is 2.72. The lowest BCUT2D eigenvalue weighted by atomic mass is 10.1. The summed E-state index contributed by atoms with van der Waals surface area (Å²) in [6.45, 7) is 0.306. The van der Waals surface area contributed by atoms with Gasteiger partial charge in [0.2, 0.25) is 0 Å². The minimum Gasteiger partial charge on any atom is -0.307 e. The molecule has 3 amide bonds. The van der Waals surface area contributed by atoms with Crippen LogP contribution in [0.1, 0.15) is 15.9 Å². The first-order chi connectivity index (χ1) is 9.65. The topological polar surface area (TPSA) is 49.4 Å². The van der Waals surface area contributed by atoms with Crippen LogP contribution in [-0.2, 0) is 6.54 Å². The predicted octanol–water partition coefficient (Wildman–Crippen LogP) is 3.64. The van der Waals surface area contributed by atoms with Gasteiger partial charge in [-0.1, -0.05) is 40.2 Å². The Hall–Kier alpha value is -2.14. The fourth-order valence-electron chi connectivity index (χ4n) is 2.15. The number of nitrogens with one attached hydrogen (secondary N) is 1. The minimum absolute atomic E-state index is 0.269. The molecule has 0 unspecified atom stereocenters. The van der Waals surface area contributed by atoms with E-state index in [0.717, 1.165) is 10.0 Å². The molecule has 0 atom stereocenters. The molecule has 3 rings (SSSR count). The van der Waals surface area contributed by atoms with Crippen LogP contribution in [0.4, 0.5) is 10.5 Å². The van der Waals surface area contributed by atoms with Gasteiger partial charge in [0.1, 0.15) is 0 Å². The molecule has 0 aliphatic carbocycles. The first-order valence-electron chi connectivity index (χ1n) is 6.11. The quantitative estimate of drug-likeness (QED) is 0.867. The molecule has 0 bridgehead atoms. The number of urea groups is 1. The van der Waals surface area contributed by atoms with Gasteiger partial charge in [-0.25, -0.2) is 4.79 Å².